The molecular weight excluding hydrogens is 332 g/mol. The zero-order valence-electron chi connectivity index (χ0n) is 16.4. The maximum absolute atomic E-state index is 4.29. The van der Waals surface area contributed by atoms with Crippen LogP contribution in [0.15, 0.2) is 25.0 Å². The highest BCUT2D eigenvalue weighted by atomic mass is 14.8. The zero-order chi connectivity index (χ0) is 18.3. The van der Waals surface area contributed by atoms with E-state index >= 15 is 0 Å². The fraction of sp³-hybridized carbons (Fsp3) is 0.652. The van der Waals surface area contributed by atoms with E-state index in [1.165, 1.54) is 22.5 Å². The van der Waals surface area contributed by atoms with Gasteiger partial charge in [-0.1, -0.05) is 77.7 Å². The third-order valence-electron chi connectivity index (χ3n) is 3.88. The molecule has 0 aliphatic heterocycles. The minimum atomic E-state index is 0. The molecule has 4 heteroatoms. The molecule has 0 saturated carbocycles. The van der Waals surface area contributed by atoms with Crippen LogP contribution in [-0.4, -0.2) is 19.9 Å². The van der Waals surface area contributed by atoms with Gasteiger partial charge in [-0.2, -0.15) is 0 Å². The molecule has 0 aromatic carbocycles. The first-order valence-corrected chi connectivity index (χ1v) is 8.85. The van der Waals surface area contributed by atoms with Crippen molar-refractivity contribution in [2.45, 2.75) is 101 Å². The molecule has 156 valence electrons. The van der Waals surface area contributed by atoms with Gasteiger partial charge in [0.05, 0.1) is 0 Å². The van der Waals surface area contributed by atoms with Crippen LogP contribution in [0.1, 0.15) is 124 Å². The van der Waals surface area contributed by atoms with E-state index < -0.39 is 0 Å². The predicted molar refractivity (Wildman–Crippen MR) is 121 cm³/mol. The van der Waals surface area contributed by atoms with Crippen LogP contribution in [0.3, 0.4) is 0 Å². The Bertz CT molecular complexity index is 510. The van der Waals surface area contributed by atoms with E-state index in [-0.39, 0.29) is 22.3 Å². The van der Waals surface area contributed by atoms with Crippen molar-refractivity contribution in [1.82, 2.24) is 19.9 Å². The second-order valence-corrected chi connectivity index (χ2v) is 7.35. The molecule has 2 aromatic rings. The Labute approximate surface area is 169 Å². The van der Waals surface area contributed by atoms with Crippen LogP contribution in [0.25, 0.3) is 0 Å². The lowest BCUT2D eigenvalue weighted by atomic mass is 9.97. The summed E-state index contributed by atoms with van der Waals surface area (Å²) in [5, 5.41) is 0. The molecule has 0 radical (unpaired) electrons. The van der Waals surface area contributed by atoms with Gasteiger partial charge >= 0.3 is 0 Å². The van der Waals surface area contributed by atoms with E-state index in [9.17, 15) is 0 Å². The van der Waals surface area contributed by atoms with Gasteiger partial charge in [0.25, 0.3) is 0 Å². The first-order chi connectivity index (χ1) is 11.3. The molecule has 0 spiro atoms. The standard InChI is InChI=1S/2C10H16N2.3CH4/c2*1-7(2)9-5-11-6-12-10(9)8(3)4;;;/h2*5-8H,1-4H3;3*1H4. The predicted octanol–water partition coefficient (Wildman–Crippen LogP) is 7.36. The van der Waals surface area contributed by atoms with Crippen LogP contribution < -0.4 is 0 Å². The fourth-order valence-electron chi connectivity index (χ4n) is 2.55. The highest BCUT2D eigenvalue weighted by Crippen LogP contribution is 2.23. The van der Waals surface area contributed by atoms with Crippen molar-refractivity contribution in [3.8, 4) is 0 Å². The normalized spacial score (nSPS) is 9.93. The molecular formula is C23H44N4. The van der Waals surface area contributed by atoms with Gasteiger partial charge in [-0.3, -0.25) is 0 Å². The zero-order valence-corrected chi connectivity index (χ0v) is 16.4. The van der Waals surface area contributed by atoms with Crippen molar-refractivity contribution in [3.05, 3.63) is 47.6 Å². The smallest absolute Gasteiger partial charge is 0.115 e. The summed E-state index contributed by atoms with van der Waals surface area (Å²) in [5.41, 5.74) is 4.90. The van der Waals surface area contributed by atoms with Crippen molar-refractivity contribution >= 4 is 0 Å². The lowest BCUT2D eigenvalue weighted by Crippen LogP contribution is -2.02. The molecule has 2 rings (SSSR count). The Kier molecular flexibility index (Phi) is 15.8. The van der Waals surface area contributed by atoms with E-state index in [0.717, 1.165) is 0 Å². The number of aromatic nitrogens is 4. The van der Waals surface area contributed by atoms with Crippen molar-refractivity contribution < 1.29 is 0 Å². The van der Waals surface area contributed by atoms with E-state index in [1.54, 1.807) is 12.7 Å². The van der Waals surface area contributed by atoms with Gasteiger partial charge < -0.3 is 0 Å². The number of hydrogen-bond donors (Lipinski definition) is 0. The van der Waals surface area contributed by atoms with Crippen molar-refractivity contribution in [3.63, 3.8) is 0 Å². The highest BCUT2D eigenvalue weighted by molar-refractivity contribution is 5.22. The van der Waals surface area contributed by atoms with Crippen LogP contribution >= 0.6 is 0 Å². The Morgan fingerprint density at radius 1 is 0.519 bits per heavy atom. The molecule has 0 saturated heterocycles. The van der Waals surface area contributed by atoms with Crippen LogP contribution in [0, 0.1) is 0 Å². The lowest BCUT2D eigenvalue weighted by Gasteiger charge is -2.12. The summed E-state index contributed by atoms with van der Waals surface area (Å²) < 4.78 is 0. The average Bonchev–Trinajstić information content (AvgIpc) is 2.55. The molecule has 27 heavy (non-hydrogen) atoms. The Hall–Kier alpha value is -1.84. The molecule has 2 heterocycles. The summed E-state index contributed by atoms with van der Waals surface area (Å²) in [6, 6.07) is 0. The third-order valence-corrected chi connectivity index (χ3v) is 3.88. The highest BCUT2D eigenvalue weighted by Gasteiger charge is 2.11. The molecule has 2 aromatic heterocycles. The van der Waals surface area contributed by atoms with Crippen LogP contribution in [0.5, 0.6) is 0 Å². The fourth-order valence-corrected chi connectivity index (χ4v) is 2.55. The summed E-state index contributed by atoms with van der Waals surface area (Å²) in [5.74, 6) is 2.02. The molecule has 0 atom stereocenters. The van der Waals surface area contributed by atoms with E-state index in [1.807, 2.05) is 12.4 Å². The summed E-state index contributed by atoms with van der Waals surface area (Å²) in [7, 11) is 0. The SMILES string of the molecule is C.C.C.CC(C)c1cncnc1C(C)C.CC(C)c1cncnc1C(C)C. The average molecular weight is 377 g/mol. The van der Waals surface area contributed by atoms with Gasteiger partial charge in [-0.25, -0.2) is 19.9 Å². The first kappa shape index (κ1) is 29.9. The second kappa shape index (κ2) is 14.2. The Morgan fingerprint density at radius 3 is 1.00 bits per heavy atom. The third kappa shape index (κ3) is 9.07. The van der Waals surface area contributed by atoms with Gasteiger partial charge in [-0.15, -0.1) is 0 Å². The van der Waals surface area contributed by atoms with Crippen molar-refractivity contribution in [2.75, 3.05) is 0 Å². The number of nitrogens with zero attached hydrogens (tertiary/aromatic N) is 4. The summed E-state index contributed by atoms with van der Waals surface area (Å²) >= 11 is 0. The summed E-state index contributed by atoms with van der Waals surface area (Å²) in [4.78, 5) is 16.7. The quantitative estimate of drug-likeness (QED) is 0.559. The Morgan fingerprint density at radius 2 is 0.815 bits per heavy atom. The van der Waals surface area contributed by atoms with Gasteiger partial charge in [0.2, 0.25) is 0 Å². The minimum Gasteiger partial charge on any atom is -0.245 e. The topological polar surface area (TPSA) is 51.6 Å². The van der Waals surface area contributed by atoms with Gasteiger partial charge in [0.1, 0.15) is 12.7 Å². The lowest BCUT2D eigenvalue weighted by molar-refractivity contribution is 0.746. The summed E-state index contributed by atoms with van der Waals surface area (Å²) in [6.45, 7) is 17.3. The molecule has 0 N–H and O–H groups in total. The molecule has 4 nitrogen and oxygen atoms in total. The van der Waals surface area contributed by atoms with Crippen LogP contribution in [-0.2, 0) is 0 Å². The van der Waals surface area contributed by atoms with E-state index in [0.29, 0.717) is 23.7 Å². The van der Waals surface area contributed by atoms with Crippen LogP contribution in [0.2, 0.25) is 0 Å². The maximum atomic E-state index is 4.29. The molecule has 0 amide bonds. The molecule has 0 aliphatic carbocycles. The van der Waals surface area contributed by atoms with Crippen LogP contribution in [0.4, 0.5) is 0 Å². The van der Waals surface area contributed by atoms with Crippen molar-refractivity contribution in [2.24, 2.45) is 0 Å². The van der Waals surface area contributed by atoms with E-state index in [4.69, 9.17) is 0 Å². The van der Waals surface area contributed by atoms with Gasteiger partial charge in [-0.05, 0) is 34.8 Å². The second-order valence-electron chi connectivity index (χ2n) is 7.35. The molecule has 0 unspecified atom stereocenters. The largest absolute Gasteiger partial charge is 0.245 e. The molecule has 0 fully saturated rings. The number of hydrogen-bond acceptors (Lipinski definition) is 4. The Balaban J connectivity index is -0.000000384. The minimum absolute atomic E-state index is 0. The number of rotatable bonds is 4. The van der Waals surface area contributed by atoms with Gasteiger partial charge in [0, 0.05) is 23.8 Å². The summed E-state index contributed by atoms with van der Waals surface area (Å²) in [6.07, 6.45) is 7.10. The first-order valence-electron chi connectivity index (χ1n) is 8.85. The monoisotopic (exact) mass is 376 g/mol. The molecule has 0 aliphatic rings. The van der Waals surface area contributed by atoms with E-state index in [2.05, 4.69) is 75.3 Å². The van der Waals surface area contributed by atoms with Gasteiger partial charge in [0.15, 0.2) is 0 Å². The molecule has 0 bridgehead atoms. The maximum Gasteiger partial charge on any atom is 0.115 e. The van der Waals surface area contributed by atoms with Crippen molar-refractivity contribution in [1.29, 1.82) is 0 Å².